The SMILES string of the molecule is CC(N)Cc1cc(F)ccc1OCc1nc(C(C)C)no1. The summed E-state index contributed by atoms with van der Waals surface area (Å²) in [6.45, 7) is 5.98. The molecule has 0 radical (unpaired) electrons. The van der Waals surface area contributed by atoms with E-state index >= 15 is 0 Å². The summed E-state index contributed by atoms with van der Waals surface area (Å²) < 4.78 is 24.1. The van der Waals surface area contributed by atoms with Crippen molar-refractivity contribution in [2.75, 3.05) is 0 Å². The highest BCUT2D eigenvalue weighted by molar-refractivity contribution is 5.34. The summed E-state index contributed by atoms with van der Waals surface area (Å²) in [7, 11) is 0. The van der Waals surface area contributed by atoms with Crippen LogP contribution in [0, 0.1) is 5.82 Å². The van der Waals surface area contributed by atoms with Gasteiger partial charge < -0.3 is 15.0 Å². The molecule has 0 aliphatic carbocycles. The highest BCUT2D eigenvalue weighted by Crippen LogP contribution is 2.22. The van der Waals surface area contributed by atoms with Crippen LogP contribution in [0.3, 0.4) is 0 Å². The van der Waals surface area contributed by atoms with Crippen LogP contribution in [0.4, 0.5) is 4.39 Å². The Labute approximate surface area is 123 Å². The number of halogens is 1. The van der Waals surface area contributed by atoms with Crippen molar-refractivity contribution in [3.63, 3.8) is 0 Å². The molecule has 0 amide bonds. The Balaban J connectivity index is 2.08. The molecule has 6 heteroatoms. The van der Waals surface area contributed by atoms with E-state index in [9.17, 15) is 4.39 Å². The number of hydrogen-bond acceptors (Lipinski definition) is 5. The van der Waals surface area contributed by atoms with Gasteiger partial charge in [-0.2, -0.15) is 4.98 Å². The van der Waals surface area contributed by atoms with Gasteiger partial charge in [-0.25, -0.2) is 4.39 Å². The first-order valence-corrected chi connectivity index (χ1v) is 6.95. The summed E-state index contributed by atoms with van der Waals surface area (Å²) in [6, 6.07) is 4.30. The number of nitrogens with zero attached hydrogens (tertiary/aromatic N) is 2. The average Bonchev–Trinajstić information content (AvgIpc) is 2.86. The number of rotatable bonds is 6. The minimum atomic E-state index is -0.308. The predicted octanol–water partition coefficient (Wildman–Crippen LogP) is 2.80. The van der Waals surface area contributed by atoms with Gasteiger partial charge in [-0.05, 0) is 37.1 Å². The molecule has 1 heterocycles. The highest BCUT2D eigenvalue weighted by Gasteiger charge is 2.12. The largest absolute Gasteiger partial charge is 0.483 e. The van der Waals surface area contributed by atoms with Crippen LogP contribution < -0.4 is 10.5 Å². The first kappa shape index (κ1) is 15.4. The maximum atomic E-state index is 13.3. The van der Waals surface area contributed by atoms with Crippen LogP contribution in [0.25, 0.3) is 0 Å². The summed E-state index contributed by atoms with van der Waals surface area (Å²) in [5, 5.41) is 3.87. The first-order chi connectivity index (χ1) is 9.95. The van der Waals surface area contributed by atoms with E-state index in [-0.39, 0.29) is 24.4 Å². The van der Waals surface area contributed by atoms with Gasteiger partial charge in [0.05, 0.1) is 0 Å². The molecule has 0 aliphatic heterocycles. The molecular formula is C15H20FN3O2. The number of ether oxygens (including phenoxy) is 1. The summed E-state index contributed by atoms with van der Waals surface area (Å²) >= 11 is 0. The lowest BCUT2D eigenvalue weighted by molar-refractivity contribution is 0.240. The summed E-state index contributed by atoms with van der Waals surface area (Å²) in [4.78, 5) is 4.23. The Bertz CT molecular complexity index is 596. The van der Waals surface area contributed by atoms with Gasteiger partial charge in [-0.3, -0.25) is 0 Å². The number of benzene rings is 1. The molecule has 1 aromatic carbocycles. The zero-order valence-corrected chi connectivity index (χ0v) is 12.5. The molecule has 0 bridgehead atoms. The van der Waals surface area contributed by atoms with Crippen LogP contribution in [0.2, 0.25) is 0 Å². The number of nitrogens with two attached hydrogens (primary N) is 1. The molecule has 0 spiro atoms. The molecule has 2 N–H and O–H groups in total. The van der Waals surface area contributed by atoms with Crippen molar-refractivity contribution >= 4 is 0 Å². The molecule has 1 aromatic heterocycles. The lowest BCUT2D eigenvalue weighted by atomic mass is 10.1. The van der Waals surface area contributed by atoms with Gasteiger partial charge in [0.2, 0.25) is 0 Å². The van der Waals surface area contributed by atoms with E-state index in [0.717, 1.165) is 5.56 Å². The number of aromatic nitrogens is 2. The first-order valence-electron chi connectivity index (χ1n) is 6.95. The van der Waals surface area contributed by atoms with Gasteiger partial charge in [0.25, 0.3) is 5.89 Å². The highest BCUT2D eigenvalue weighted by atomic mass is 19.1. The van der Waals surface area contributed by atoms with E-state index in [0.29, 0.717) is 23.9 Å². The molecule has 21 heavy (non-hydrogen) atoms. The second-order valence-electron chi connectivity index (χ2n) is 5.42. The Hall–Kier alpha value is -1.95. The molecule has 2 aromatic rings. The Morgan fingerprint density at radius 3 is 2.71 bits per heavy atom. The van der Waals surface area contributed by atoms with Gasteiger partial charge in [-0.1, -0.05) is 19.0 Å². The quantitative estimate of drug-likeness (QED) is 0.886. The second-order valence-corrected chi connectivity index (χ2v) is 5.42. The molecule has 0 fully saturated rings. The molecular weight excluding hydrogens is 273 g/mol. The third-order valence-electron chi connectivity index (χ3n) is 2.92. The minimum Gasteiger partial charge on any atom is -0.483 e. The molecule has 1 unspecified atom stereocenters. The normalized spacial score (nSPS) is 12.7. The third kappa shape index (κ3) is 4.26. The average molecular weight is 293 g/mol. The van der Waals surface area contributed by atoms with Crippen LogP contribution >= 0.6 is 0 Å². The summed E-state index contributed by atoms with van der Waals surface area (Å²) in [6.07, 6.45) is 0.536. The minimum absolute atomic E-state index is 0.0786. The maximum Gasteiger partial charge on any atom is 0.264 e. The van der Waals surface area contributed by atoms with Gasteiger partial charge >= 0.3 is 0 Å². The van der Waals surface area contributed by atoms with Crippen LogP contribution in [0.5, 0.6) is 5.75 Å². The third-order valence-corrected chi connectivity index (χ3v) is 2.92. The van der Waals surface area contributed by atoms with E-state index in [2.05, 4.69) is 10.1 Å². The zero-order valence-electron chi connectivity index (χ0n) is 12.5. The topological polar surface area (TPSA) is 74.2 Å². The maximum absolute atomic E-state index is 13.3. The molecule has 0 saturated heterocycles. The van der Waals surface area contributed by atoms with E-state index in [1.165, 1.54) is 12.1 Å². The van der Waals surface area contributed by atoms with Crippen LogP contribution in [-0.4, -0.2) is 16.2 Å². The Kier molecular flexibility index (Phi) is 4.90. The molecule has 1 atom stereocenters. The van der Waals surface area contributed by atoms with Crippen molar-refractivity contribution < 1.29 is 13.7 Å². The fourth-order valence-electron chi connectivity index (χ4n) is 1.90. The molecule has 5 nitrogen and oxygen atoms in total. The van der Waals surface area contributed by atoms with E-state index in [4.69, 9.17) is 15.0 Å². The van der Waals surface area contributed by atoms with Crippen LogP contribution in [0.1, 0.15) is 44.0 Å². The smallest absolute Gasteiger partial charge is 0.264 e. The summed E-state index contributed by atoms with van der Waals surface area (Å²) in [5.74, 6) is 1.51. The number of hydrogen-bond donors (Lipinski definition) is 1. The van der Waals surface area contributed by atoms with Crippen molar-refractivity contribution in [3.8, 4) is 5.75 Å². The predicted molar refractivity (Wildman–Crippen MR) is 76.5 cm³/mol. The molecule has 0 saturated carbocycles. The fraction of sp³-hybridized carbons (Fsp3) is 0.467. The van der Waals surface area contributed by atoms with Crippen LogP contribution in [0.15, 0.2) is 22.7 Å². The van der Waals surface area contributed by atoms with Crippen LogP contribution in [-0.2, 0) is 13.0 Å². The second kappa shape index (κ2) is 6.67. The van der Waals surface area contributed by atoms with Crippen molar-refractivity contribution in [2.24, 2.45) is 5.73 Å². The van der Waals surface area contributed by atoms with E-state index in [1.54, 1.807) is 6.07 Å². The van der Waals surface area contributed by atoms with Gasteiger partial charge in [-0.15, -0.1) is 0 Å². The molecule has 0 aliphatic rings. The monoisotopic (exact) mass is 293 g/mol. The van der Waals surface area contributed by atoms with Gasteiger partial charge in [0.1, 0.15) is 11.6 Å². The Morgan fingerprint density at radius 1 is 1.33 bits per heavy atom. The summed E-state index contributed by atoms with van der Waals surface area (Å²) in [5.41, 5.74) is 6.50. The Morgan fingerprint density at radius 2 is 2.10 bits per heavy atom. The van der Waals surface area contributed by atoms with Gasteiger partial charge in [0, 0.05) is 12.0 Å². The van der Waals surface area contributed by atoms with E-state index < -0.39 is 0 Å². The fourth-order valence-corrected chi connectivity index (χ4v) is 1.90. The van der Waals surface area contributed by atoms with Crippen molar-refractivity contribution in [2.45, 2.75) is 45.8 Å². The standard InChI is InChI=1S/C15H20FN3O2/c1-9(2)15-18-14(21-19-15)8-20-13-5-4-12(16)7-11(13)6-10(3)17/h4-5,7,9-10H,6,8,17H2,1-3H3. The van der Waals surface area contributed by atoms with Gasteiger partial charge in [0.15, 0.2) is 12.4 Å². The zero-order chi connectivity index (χ0) is 15.4. The van der Waals surface area contributed by atoms with Crippen molar-refractivity contribution in [1.29, 1.82) is 0 Å². The van der Waals surface area contributed by atoms with Crippen molar-refractivity contribution in [1.82, 2.24) is 10.1 Å². The molecule has 114 valence electrons. The van der Waals surface area contributed by atoms with Crippen molar-refractivity contribution in [3.05, 3.63) is 41.3 Å². The molecule has 2 rings (SSSR count). The lowest BCUT2D eigenvalue weighted by Crippen LogP contribution is -2.18. The lowest BCUT2D eigenvalue weighted by Gasteiger charge is -2.12. The van der Waals surface area contributed by atoms with E-state index in [1.807, 2.05) is 20.8 Å².